The highest BCUT2D eigenvalue weighted by Gasteiger charge is 2.10. The number of rotatable bonds is 4. The molecule has 0 spiro atoms. The highest BCUT2D eigenvalue weighted by atomic mass is 16.5. The average Bonchev–Trinajstić information content (AvgIpc) is 2.88. The summed E-state index contributed by atoms with van der Waals surface area (Å²) in [4.78, 5) is 23.1. The molecule has 22 heavy (non-hydrogen) atoms. The molecule has 0 bridgehead atoms. The molecular weight excluding hydrogens is 284 g/mol. The number of H-pyrrole nitrogens is 2. The molecule has 0 atom stereocenters. The molecule has 0 unspecified atom stereocenters. The fraction of sp³-hybridized carbons (Fsp3) is 0.133. The van der Waals surface area contributed by atoms with Gasteiger partial charge >= 0.3 is 11.4 Å². The van der Waals surface area contributed by atoms with Crippen LogP contribution in [-0.2, 0) is 6.54 Å². The Kier molecular flexibility index (Phi) is 3.61. The molecule has 7 nitrogen and oxygen atoms in total. The highest BCUT2D eigenvalue weighted by Crippen LogP contribution is 2.16. The van der Waals surface area contributed by atoms with E-state index in [2.05, 4.69) is 10.2 Å². The summed E-state index contributed by atoms with van der Waals surface area (Å²) >= 11 is 0. The van der Waals surface area contributed by atoms with Crippen molar-refractivity contribution in [2.45, 2.75) is 6.54 Å². The maximum atomic E-state index is 11.6. The number of aromatic amines is 2. The van der Waals surface area contributed by atoms with E-state index in [9.17, 15) is 9.59 Å². The normalized spacial score (nSPS) is 10.6. The van der Waals surface area contributed by atoms with Gasteiger partial charge in [-0.1, -0.05) is 12.1 Å². The van der Waals surface area contributed by atoms with Crippen LogP contribution in [0.1, 0.15) is 5.56 Å². The van der Waals surface area contributed by atoms with Gasteiger partial charge in [0.15, 0.2) is 18.9 Å². The van der Waals surface area contributed by atoms with Crippen molar-refractivity contribution in [3.63, 3.8) is 0 Å². The molecule has 0 aliphatic heterocycles. The Labute approximate surface area is 125 Å². The third-order valence-electron chi connectivity index (χ3n) is 3.36. The van der Waals surface area contributed by atoms with E-state index in [-0.39, 0.29) is 0 Å². The zero-order chi connectivity index (χ0) is 15.5. The van der Waals surface area contributed by atoms with Crippen molar-refractivity contribution in [3.05, 3.63) is 75.3 Å². The van der Waals surface area contributed by atoms with Crippen LogP contribution in [0.25, 0.3) is 5.69 Å². The Morgan fingerprint density at radius 2 is 1.68 bits per heavy atom. The molecule has 0 saturated carbocycles. The molecule has 0 aliphatic rings. The average molecular weight is 299 g/mol. The lowest BCUT2D eigenvalue weighted by molar-refractivity contribution is -0.688. The van der Waals surface area contributed by atoms with Gasteiger partial charge in [0.25, 0.3) is 0 Å². The SMILES string of the molecule is COc1ccccc1C[n+]1ccc(-n2c(=O)[nH][nH]c2=O)cc1. The zero-order valence-corrected chi connectivity index (χ0v) is 11.9. The van der Waals surface area contributed by atoms with Crippen molar-refractivity contribution in [1.29, 1.82) is 0 Å². The van der Waals surface area contributed by atoms with Crippen molar-refractivity contribution in [2.75, 3.05) is 7.11 Å². The van der Waals surface area contributed by atoms with E-state index in [1.165, 1.54) is 0 Å². The molecular formula is C15H15N4O3+. The third-order valence-corrected chi connectivity index (χ3v) is 3.36. The van der Waals surface area contributed by atoms with Crippen LogP contribution in [0.15, 0.2) is 58.4 Å². The summed E-state index contributed by atoms with van der Waals surface area (Å²) in [6.45, 7) is 0.628. The Morgan fingerprint density at radius 1 is 1.05 bits per heavy atom. The number of hydrogen-bond donors (Lipinski definition) is 2. The Bertz CT molecular complexity index is 862. The summed E-state index contributed by atoms with van der Waals surface area (Å²) in [7, 11) is 1.64. The predicted molar refractivity (Wildman–Crippen MR) is 79.3 cm³/mol. The van der Waals surface area contributed by atoms with E-state index >= 15 is 0 Å². The number of nitrogens with zero attached hydrogens (tertiary/aromatic N) is 2. The van der Waals surface area contributed by atoms with Gasteiger partial charge in [0.2, 0.25) is 0 Å². The van der Waals surface area contributed by atoms with Gasteiger partial charge < -0.3 is 4.74 Å². The van der Waals surface area contributed by atoms with Crippen LogP contribution in [-0.4, -0.2) is 21.9 Å². The number of methoxy groups -OCH3 is 1. The Balaban J connectivity index is 1.89. The van der Waals surface area contributed by atoms with Crippen LogP contribution < -0.4 is 20.7 Å². The van der Waals surface area contributed by atoms with Crippen LogP contribution >= 0.6 is 0 Å². The quantitative estimate of drug-likeness (QED) is 0.675. The lowest BCUT2D eigenvalue weighted by atomic mass is 10.2. The van der Waals surface area contributed by atoms with E-state index < -0.39 is 11.4 Å². The Morgan fingerprint density at radius 3 is 2.32 bits per heavy atom. The smallest absolute Gasteiger partial charge is 0.348 e. The molecule has 0 aliphatic carbocycles. The van der Waals surface area contributed by atoms with Crippen LogP contribution in [0.4, 0.5) is 0 Å². The fourth-order valence-corrected chi connectivity index (χ4v) is 2.28. The van der Waals surface area contributed by atoms with Gasteiger partial charge in [-0.2, -0.15) is 0 Å². The maximum absolute atomic E-state index is 11.6. The second-order valence-electron chi connectivity index (χ2n) is 4.74. The second kappa shape index (κ2) is 5.72. The summed E-state index contributed by atoms with van der Waals surface area (Å²) < 4.78 is 8.30. The second-order valence-corrected chi connectivity index (χ2v) is 4.74. The lowest BCUT2D eigenvalue weighted by Gasteiger charge is -2.05. The number of nitrogens with one attached hydrogen (secondary N) is 2. The van der Waals surface area contributed by atoms with Crippen molar-refractivity contribution in [3.8, 4) is 11.4 Å². The number of hydrogen-bond acceptors (Lipinski definition) is 3. The van der Waals surface area contributed by atoms with Gasteiger partial charge in [-0.15, -0.1) is 0 Å². The largest absolute Gasteiger partial charge is 0.496 e. The van der Waals surface area contributed by atoms with Crippen LogP contribution in [0.5, 0.6) is 5.75 Å². The van der Waals surface area contributed by atoms with Crippen molar-refractivity contribution in [1.82, 2.24) is 14.8 Å². The van der Waals surface area contributed by atoms with E-state index in [4.69, 9.17) is 4.74 Å². The molecule has 112 valence electrons. The zero-order valence-electron chi connectivity index (χ0n) is 11.9. The predicted octanol–water partition coefficient (Wildman–Crippen LogP) is 0.198. The molecule has 0 fully saturated rings. The molecule has 0 amide bonds. The first kappa shape index (κ1) is 13.9. The summed E-state index contributed by atoms with van der Waals surface area (Å²) in [5.74, 6) is 0.817. The van der Waals surface area contributed by atoms with Gasteiger partial charge in [0, 0.05) is 12.1 Å². The summed E-state index contributed by atoms with van der Waals surface area (Å²) in [5.41, 5.74) is 0.558. The van der Waals surface area contributed by atoms with E-state index in [1.807, 2.05) is 28.8 Å². The molecule has 1 aromatic carbocycles. The first-order valence-electron chi connectivity index (χ1n) is 6.70. The molecule has 2 aromatic heterocycles. The standard InChI is InChI=1S/C15H14N4O3/c1-22-13-5-3-2-4-11(13)10-18-8-6-12(7-9-18)19-14(20)16-17-15(19)21/h2-9H,10H2,1H3,(H-,16,17,20,21)/p+1. The number of para-hydroxylation sites is 1. The lowest BCUT2D eigenvalue weighted by Crippen LogP contribution is -2.34. The molecule has 3 rings (SSSR count). The van der Waals surface area contributed by atoms with E-state index in [1.54, 1.807) is 31.6 Å². The van der Waals surface area contributed by atoms with Crippen LogP contribution in [0, 0.1) is 0 Å². The molecule has 0 radical (unpaired) electrons. The van der Waals surface area contributed by atoms with Crippen molar-refractivity contribution >= 4 is 0 Å². The van der Waals surface area contributed by atoms with E-state index in [0.29, 0.717) is 12.2 Å². The first-order valence-corrected chi connectivity index (χ1v) is 6.70. The monoisotopic (exact) mass is 299 g/mol. The minimum Gasteiger partial charge on any atom is -0.496 e. The summed E-state index contributed by atoms with van der Waals surface area (Å²) in [5, 5.41) is 4.50. The first-order chi connectivity index (χ1) is 10.7. The number of pyridine rings is 1. The molecule has 2 heterocycles. The van der Waals surface area contributed by atoms with Gasteiger partial charge in [0.05, 0.1) is 18.4 Å². The van der Waals surface area contributed by atoms with Gasteiger partial charge in [-0.3, -0.25) is 0 Å². The topological polar surface area (TPSA) is 83.8 Å². The number of aromatic nitrogens is 4. The minimum absolute atomic E-state index is 0.493. The molecule has 3 aromatic rings. The third kappa shape index (κ3) is 2.56. The van der Waals surface area contributed by atoms with Crippen LogP contribution in [0.3, 0.4) is 0 Å². The minimum atomic E-state index is -0.493. The van der Waals surface area contributed by atoms with Gasteiger partial charge in [0.1, 0.15) is 5.75 Å². The van der Waals surface area contributed by atoms with Crippen LogP contribution in [0.2, 0.25) is 0 Å². The fourth-order valence-electron chi connectivity index (χ4n) is 2.28. The number of ether oxygens (including phenoxy) is 1. The Hall–Kier alpha value is -3.09. The summed E-state index contributed by atoms with van der Waals surface area (Å²) in [6.07, 6.45) is 3.61. The van der Waals surface area contributed by atoms with Gasteiger partial charge in [-0.05, 0) is 12.1 Å². The molecule has 7 heteroatoms. The van der Waals surface area contributed by atoms with Crippen molar-refractivity contribution in [2.24, 2.45) is 0 Å². The highest BCUT2D eigenvalue weighted by molar-refractivity contribution is 5.32. The van der Waals surface area contributed by atoms with Gasteiger partial charge in [-0.25, -0.2) is 28.9 Å². The maximum Gasteiger partial charge on any atom is 0.348 e. The van der Waals surface area contributed by atoms with Crippen molar-refractivity contribution < 1.29 is 9.30 Å². The van der Waals surface area contributed by atoms with E-state index in [0.717, 1.165) is 15.9 Å². The summed E-state index contributed by atoms with van der Waals surface area (Å²) in [6, 6.07) is 11.2. The molecule has 0 saturated heterocycles. The molecule has 2 N–H and O–H groups in total. The number of benzene rings is 1.